The number of Topliss-reactive ketones (excluding diaryl/α,β-unsaturated/α-hetero) is 1. The van der Waals surface area contributed by atoms with Crippen LogP contribution in [0.2, 0.25) is 0 Å². The van der Waals surface area contributed by atoms with Gasteiger partial charge in [-0.25, -0.2) is 0 Å². The van der Waals surface area contributed by atoms with Crippen LogP contribution in [0.4, 0.5) is 0 Å². The first kappa shape index (κ1) is 13.6. The number of ether oxygens (including phenoxy) is 1. The van der Waals surface area contributed by atoms with Crippen molar-refractivity contribution in [3.05, 3.63) is 21.1 Å². The van der Waals surface area contributed by atoms with Gasteiger partial charge in [-0.1, -0.05) is 13.3 Å². The van der Waals surface area contributed by atoms with Gasteiger partial charge in [0.15, 0.2) is 5.60 Å². The van der Waals surface area contributed by atoms with Crippen molar-refractivity contribution in [2.75, 3.05) is 0 Å². The Labute approximate surface area is 111 Å². The molecular formula is C11H12Br2O3. The van der Waals surface area contributed by atoms with E-state index in [0.29, 0.717) is 15.4 Å². The van der Waals surface area contributed by atoms with E-state index in [0.717, 1.165) is 6.42 Å². The van der Waals surface area contributed by atoms with Gasteiger partial charge in [0.05, 0.1) is 8.96 Å². The molecule has 0 aliphatic heterocycles. The number of allylic oxidation sites excluding steroid dienone is 2. The van der Waals surface area contributed by atoms with Crippen molar-refractivity contribution in [1.82, 2.24) is 0 Å². The average molecular weight is 352 g/mol. The maximum Gasteiger partial charge on any atom is 0.303 e. The minimum Gasteiger partial charge on any atom is -0.451 e. The Morgan fingerprint density at radius 2 is 1.88 bits per heavy atom. The quantitative estimate of drug-likeness (QED) is 0.733. The molecule has 0 aromatic carbocycles. The molecule has 0 heterocycles. The summed E-state index contributed by atoms with van der Waals surface area (Å²) in [5.41, 5.74) is -0.813. The van der Waals surface area contributed by atoms with Gasteiger partial charge in [-0.3, -0.25) is 9.59 Å². The van der Waals surface area contributed by atoms with Gasteiger partial charge in [0.1, 0.15) is 0 Å². The number of carbonyl (C=O) groups excluding carboxylic acids is 2. The van der Waals surface area contributed by atoms with Gasteiger partial charge in [-0.2, -0.15) is 0 Å². The SMILES string of the molecule is CCCC1(OC(C)=O)C=C(Br)C(=O)C(Br)=C1. The molecule has 0 spiro atoms. The number of carbonyl (C=O) groups is 2. The van der Waals surface area contributed by atoms with E-state index in [4.69, 9.17) is 4.74 Å². The molecule has 0 fully saturated rings. The molecule has 16 heavy (non-hydrogen) atoms. The lowest BCUT2D eigenvalue weighted by Crippen LogP contribution is -2.33. The Morgan fingerprint density at radius 1 is 1.38 bits per heavy atom. The molecule has 0 saturated heterocycles. The number of rotatable bonds is 3. The molecule has 1 aliphatic carbocycles. The fraction of sp³-hybridized carbons (Fsp3) is 0.455. The summed E-state index contributed by atoms with van der Waals surface area (Å²) in [5, 5.41) is 0. The number of esters is 1. The highest BCUT2D eigenvalue weighted by Crippen LogP contribution is 2.34. The Morgan fingerprint density at radius 3 is 2.25 bits per heavy atom. The number of halogens is 2. The second-order valence-electron chi connectivity index (χ2n) is 3.61. The van der Waals surface area contributed by atoms with E-state index in [-0.39, 0.29) is 11.8 Å². The second kappa shape index (κ2) is 5.27. The average Bonchev–Trinajstić information content (AvgIpc) is 2.13. The standard InChI is InChI=1S/C11H12Br2O3/c1-3-4-11(16-7(2)14)5-8(12)10(15)9(13)6-11/h5-6H,3-4H2,1-2H3. The fourth-order valence-corrected chi connectivity index (χ4v) is 3.10. The van der Waals surface area contributed by atoms with Crippen LogP contribution in [0.3, 0.4) is 0 Å². The fourth-order valence-electron chi connectivity index (χ4n) is 1.63. The van der Waals surface area contributed by atoms with Gasteiger partial charge in [0, 0.05) is 6.92 Å². The highest BCUT2D eigenvalue weighted by atomic mass is 79.9. The Bertz CT molecular complexity index is 361. The minimum absolute atomic E-state index is 0.140. The molecule has 0 amide bonds. The predicted octanol–water partition coefficient (Wildman–Crippen LogP) is 3.23. The van der Waals surface area contributed by atoms with Gasteiger partial charge >= 0.3 is 5.97 Å². The topological polar surface area (TPSA) is 43.4 Å². The first-order chi connectivity index (χ1) is 7.40. The number of hydrogen-bond acceptors (Lipinski definition) is 3. The smallest absolute Gasteiger partial charge is 0.303 e. The zero-order valence-electron chi connectivity index (χ0n) is 9.05. The minimum atomic E-state index is -0.813. The lowest BCUT2D eigenvalue weighted by Gasteiger charge is -2.29. The monoisotopic (exact) mass is 350 g/mol. The Balaban J connectivity index is 3.11. The summed E-state index contributed by atoms with van der Waals surface area (Å²) in [6.45, 7) is 3.35. The van der Waals surface area contributed by atoms with Crippen LogP contribution in [0, 0.1) is 0 Å². The Hall–Kier alpha value is -0.420. The van der Waals surface area contributed by atoms with Crippen LogP contribution in [-0.2, 0) is 14.3 Å². The van der Waals surface area contributed by atoms with Gasteiger partial charge in [-0.15, -0.1) is 0 Å². The van der Waals surface area contributed by atoms with Crippen LogP contribution in [0.5, 0.6) is 0 Å². The second-order valence-corrected chi connectivity index (χ2v) is 5.32. The summed E-state index contributed by atoms with van der Waals surface area (Å²) in [4.78, 5) is 22.6. The highest BCUT2D eigenvalue weighted by molar-refractivity contribution is 9.13. The molecule has 5 heteroatoms. The summed E-state index contributed by atoms with van der Waals surface area (Å²) >= 11 is 6.36. The van der Waals surface area contributed by atoms with Gasteiger partial charge in [0.2, 0.25) is 5.78 Å². The van der Waals surface area contributed by atoms with Crippen molar-refractivity contribution in [1.29, 1.82) is 0 Å². The summed E-state index contributed by atoms with van der Waals surface area (Å²) in [6, 6.07) is 0. The van der Waals surface area contributed by atoms with E-state index in [2.05, 4.69) is 31.9 Å². The molecule has 0 aromatic heterocycles. The van der Waals surface area contributed by atoms with Gasteiger partial charge < -0.3 is 4.74 Å². The maximum atomic E-state index is 11.5. The molecule has 0 radical (unpaired) electrons. The number of ketones is 1. The van der Waals surface area contributed by atoms with E-state index in [1.54, 1.807) is 12.2 Å². The lowest BCUT2D eigenvalue weighted by molar-refractivity contribution is -0.149. The van der Waals surface area contributed by atoms with Crippen molar-refractivity contribution in [2.24, 2.45) is 0 Å². The lowest BCUT2D eigenvalue weighted by atomic mass is 9.92. The van der Waals surface area contributed by atoms with Crippen molar-refractivity contribution < 1.29 is 14.3 Å². The molecule has 1 aliphatic rings. The predicted molar refractivity (Wildman–Crippen MR) is 68.4 cm³/mol. The molecule has 0 atom stereocenters. The molecular weight excluding hydrogens is 340 g/mol. The van der Waals surface area contributed by atoms with Crippen molar-refractivity contribution in [3.8, 4) is 0 Å². The van der Waals surface area contributed by atoms with E-state index in [1.165, 1.54) is 6.92 Å². The van der Waals surface area contributed by atoms with Crippen LogP contribution in [0.25, 0.3) is 0 Å². The molecule has 88 valence electrons. The maximum absolute atomic E-state index is 11.5. The van der Waals surface area contributed by atoms with E-state index >= 15 is 0 Å². The molecule has 0 saturated carbocycles. The van der Waals surface area contributed by atoms with Gasteiger partial charge in [-0.05, 0) is 50.4 Å². The first-order valence-corrected chi connectivity index (χ1v) is 6.50. The summed E-state index contributed by atoms with van der Waals surface area (Å²) in [5.74, 6) is -0.505. The summed E-state index contributed by atoms with van der Waals surface area (Å²) in [6.07, 6.45) is 4.77. The zero-order chi connectivity index (χ0) is 12.3. The summed E-state index contributed by atoms with van der Waals surface area (Å²) < 4.78 is 6.13. The van der Waals surface area contributed by atoms with Gasteiger partial charge in [0.25, 0.3) is 0 Å². The molecule has 3 nitrogen and oxygen atoms in total. The van der Waals surface area contributed by atoms with E-state index in [1.807, 2.05) is 6.92 Å². The van der Waals surface area contributed by atoms with Crippen LogP contribution < -0.4 is 0 Å². The third-order valence-corrected chi connectivity index (χ3v) is 3.33. The van der Waals surface area contributed by atoms with Crippen LogP contribution in [0.1, 0.15) is 26.7 Å². The molecule has 0 aromatic rings. The normalized spacial score (nSPS) is 18.9. The summed E-state index contributed by atoms with van der Waals surface area (Å²) in [7, 11) is 0. The highest BCUT2D eigenvalue weighted by Gasteiger charge is 2.34. The largest absolute Gasteiger partial charge is 0.451 e. The van der Waals surface area contributed by atoms with E-state index in [9.17, 15) is 9.59 Å². The molecule has 0 unspecified atom stereocenters. The van der Waals surface area contributed by atoms with Crippen molar-refractivity contribution in [3.63, 3.8) is 0 Å². The van der Waals surface area contributed by atoms with Crippen LogP contribution >= 0.6 is 31.9 Å². The first-order valence-electron chi connectivity index (χ1n) is 4.91. The number of hydrogen-bond donors (Lipinski definition) is 0. The molecule has 0 N–H and O–H groups in total. The van der Waals surface area contributed by atoms with Crippen LogP contribution in [0.15, 0.2) is 21.1 Å². The van der Waals surface area contributed by atoms with Crippen molar-refractivity contribution >= 4 is 43.6 Å². The third kappa shape index (κ3) is 3.04. The molecule has 0 bridgehead atoms. The van der Waals surface area contributed by atoms with E-state index < -0.39 is 5.60 Å². The van der Waals surface area contributed by atoms with Crippen LogP contribution in [-0.4, -0.2) is 17.4 Å². The molecule has 1 rings (SSSR count). The zero-order valence-corrected chi connectivity index (χ0v) is 12.2. The third-order valence-electron chi connectivity index (χ3n) is 2.15. The van der Waals surface area contributed by atoms with Crippen molar-refractivity contribution in [2.45, 2.75) is 32.3 Å². The Kier molecular flexibility index (Phi) is 4.50.